The topological polar surface area (TPSA) is 280 Å². The van der Waals surface area contributed by atoms with Gasteiger partial charge in [0.15, 0.2) is 0 Å². The number of nitrogens with zero attached hydrogens (tertiary/aromatic N) is 1. The van der Waals surface area contributed by atoms with E-state index in [9.17, 15) is 33.6 Å². The fraction of sp³-hybridized carbons (Fsp3) is 0.750. The molecule has 0 unspecified atom stereocenters. The molecule has 7 amide bonds. The van der Waals surface area contributed by atoms with E-state index in [1.807, 2.05) is 0 Å². The number of nitrogens with one attached hydrogen (secondary N) is 4. The predicted molar refractivity (Wildman–Crippen MR) is 203 cm³/mol. The Hall–Kier alpha value is -4.13. The van der Waals surface area contributed by atoms with Crippen LogP contribution in [0.15, 0.2) is 12.2 Å². The maximum Gasteiger partial charge on any atom is 0.253 e. The quantitative estimate of drug-likeness (QED) is 0.0233. The zero-order valence-corrected chi connectivity index (χ0v) is 33.6. The van der Waals surface area contributed by atoms with E-state index in [1.165, 1.54) is 26.0 Å². The lowest BCUT2D eigenvalue weighted by molar-refractivity contribution is -0.137. The van der Waals surface area contributed by atoms with Gasteiger partial charge >= 0.3 is 0 Å². The van der Waals surface area contributed by atoms with Crippen molar-refractivity contribution in [2.45, 2.75) is 45.2 Å². The molecule has 0 aromatic rings. The summed E-state index contributed by atoms with van der Waals surface area (Å²) >= 11 is 0. The van der Waals surface area contributed by atoms with Crippen LogP contribution in [0.4, 0.5) is 0 Å². The van der Waals surface area contributed by atoms with E-state index in [-0.39, 0.29) is 64.2 Å². The van der Waals surface area contributed by atoms with E-state index in [1.54, 1.807) is 0 Å². The first-order chi connectivity index (χ1) is 28.0. The van der Waals surface area contributed by atoms with Crippen LogP contribution in [-0.2, 0) is 76.2 Å². The smallest absolute Gasteiger partial charge is 0.253 e. The van der Waals surface area contributed by atoms with Crippen molar-refractivity contribution in [2.75, 3.05) is 132 Å². The van der Waals surface area contributed by atoms with Crippen LogP contribution in [0.3, 0.4) is 0 Å². The fourth-order valence-electron chi connectivity index (χ4n) is 4.33. The number of carbonyl (C=O) groups excluding carboxylic acids is 7. The van der Waals surface area contributed by atoms with Gasteiger partial charge in [0.25, 0.3) is 11.8 Å². The van der Waals surface area contributed by atoms with Gasteiger partial charge in [-0.2, -0.15) is 0 Å². The third kappa shape index (κ3) is 29.1. The van der Waals surface area contributed by atoms with Gasteiger partial charge < -0.3 is 69.6 Å². The van der Waals surface area contributed by atoms with E-state index in [0.717, 1.165) is 4.90 Å². The molecule has 1 heterocycles. The second-order valence-electron chi connectivity index (χ2n) is 12.2. The molecule has 2 atom stereocenters. The Morgan fingerprint density at radius 3 is 1.40 bits per heavy atom. The van der Waals surface area contributed by atoms with Crippen LogP contribution in [0.25, 0.3) is 0 Å². The number of amides is 7. The Morgan fingerprint density at radius 2 is 0.931 bits per heavy atom. The zero-order chi connectivity index (χ0) is 42.6. The molecular formula is C36H62N6O16. The van der Waals surface area contributed by atoms with Gasteiger partial charge in [-0.1, -0.05) is 0 Å². The van der Waals surface area contributed by atoms with Gasteiger partial charge in [-0.25, -0.2) is 0 Å². The van der Waals surface area contributed by atoms with Crippen LogP contribution in [-0.4, -0.2) is 190 Å². The molecule has 0 radical (unpaired) electrons. The predicted octanol–water partition coefficient (Wildman–Crippen LogP) is -3.08. The normalized spacial score (nSPS) is 13.4. The minimum atomic E-state index is -0.873. The van der Waals surface area contributed by atoms with E-state index in [2.05, 4.69) is 21.3 Å². The summed E-state index contributed by atoms with van der Waals surface area (Å²) < 4.78 is 48.5. The highest BCUT2D eigenvalue weighted by molar-refractivity contribution is 6.13. The molecule has 1 aliphatic heterocycles. The van der Waals surface area contributed by atoms with Crippen LogP contribution in [0, 0.1) is 0 Å². The minimum Gasteiger partial charge on any atom is -0.379 e. The third-order valence-corrected chi connectivity index (χ3v) is 7.47. The second kappa shape index (κ2) is 34.9. The van der Waals surface area contributed by atoms with Gasteiger partial charge in [0.05, 0.1) is 112 Å². The van der Waals surface area contributed by atoms with Crippen molar-refractivity contribution in [1.82, 2.24) is 26.2 Å². The summed E-state index contributed by atoms with van der Waals surface area (Å²) in [5, 5.41) is 10.2. The Labute approximate surface area is 338 Å². The van der Waals surface area contributed by atoms with Crippen LogP contribution >= 0.6 is 0 Å². The molecule has 6 N–H and O–H groups in total. The summed E-state index contributed by atoms with van der Waals surface area (Å²) in [4.78, 5) is 82.9. The number of primary amides is 1. The van der Waals surface area contributed by atoms with E-state index < -0.39 is 41.6 Å². The second-order valence-corrected chi connectivity index (χ2v) is 12.2. The fourth-order valence-corrected chi connectivity index (χ4v) is 4.33. The van der Waals surface area contributed by atoms with Crippen LogP contribution in [0.2, 0.25) is 0 Å². The van der Waals surface area contributed by atoms with Crippen molar-refractivity contribution in [3.63, 3.8) is 0 Å². The van der Waals surface area contributed by atoms with Crippen molar-refractivity contribution >= 4 is 41.4 Å². The number of imide groups is 1. The Morgan fingerprint density at radius 1 is 0.517 bits per heavy atom. The summed E-state index contributed by atoms with van der Waals surface area (Å²) in [6.45, 7) is 9.13. The SMILES string of the molecule is C[C@H](NC(=O)CCOCCOCCOCCOCCOCCOCCOCCOCCNC(=O)CCN1C(=O)C=CC1=O)C(=O)N[C@@H](C)C(=O)NCOCCC(N)=O. The summed E-state index contributed by atoms with van der Waals surface area (Å²) in [6, 6.07) is -1.74. The maximum atomic E-state index is 12.3. The number of nitrogens with two attached hydrogens (primary N) is 1. The molecule has 0 aromatic heterocycles. The standard InChI is InChI=1S/C36H62N6O16/c1-28(35(48)39-27-58-10-6-30(37)43)41-36(49)29(2)40-32(45)7-11-50-13-15-52-17-19-54-21-23-56-25-26-57-24-22-55-20-18-53-16-14-51-12-8-38-31(44)5-9-42-33(46)3-4-34(42)47/h3-4,28-29H,5-27H2,1-2H3,(H2,37,43)(H,38,44)(H,39,48)(H,40,45)(H,41,49)/t28-,29-/m0/s1. The number of hydrogen-bond acceptors (Lipinski definition) is 16. The lowest BCUT2D eigenvalue weighted by Crippen LogP contribution is -2.52. The first kappa shape index (κ1) is 51.9. The van der Waals surface area contributed by atoms with Crippen LogP contribution in [0.1, 0.15) is 33.1 Å². The summed E-state index contributed by atoms with van der Waals surface area (Å²) in [5.74, 6) is -3.02. The largest absolute Gasteiger partial charge is 0.379 e. The van der Waals surface area contributed by atoms with Gasteiger partial charge in [0.1, 0.15) is 18.8 Å². The third-order valence-electron chi connectivity index (χ3n) is 7.47. The molecule has 0 fully saturated rings. The lowest BCUT2D eigenvalue weighted by atomic mass is 10.2. The molecule has 0 spiro atoms. The van der Waals surface area contributed by atoms with E-state index in [0.29, 0.717) is 99.0 Å². The molecule has 22 heteroatoms. The summed E-state index contributed by atoms with van der Waals surface area (Å²) in [6.07, 6.45) is 2.47. The molecule has 22 nitrogen and oxygen atoms in total. The van der Waals surface area contributed by atoms with Crippen molar-refractivity contribution in [2.24, 2.45) is 5.73 Å². The Kier molecular flexibility index (Phi) is 31.2. The minimum absolute atomic E-state index is 0.0270. The molecule has 0 aromatic carbocycles. The summed E-state index contributed by atoms with van der Waals surface area (Å²) in [7, 11) is 0. The van der Waals surface area contributed by atoms with E-state index in [4.69, 9.17) is 48.4 Å². The first-order valence-corrected chi connectivity index (χ1v) is 19.2. The maximum absolute atomic E-state index is 12.3. The molecule has 332 valence electrons. The molecule has 0 saturated heterocycles. The first-order valence-electron chi connectivity index (χ1n) is 19.2. The average molecular weight is 835 g/mol. The van der Waals surface area contributed by atoms with Gasteiger partial charge in [0, 0.05) is 44.5 Å². The molecule has 0 saturated carbocycles. The number of hydrogen-bond donors (Lipinski definition) is 5. The van der Waals surface area contributed by atoms with Crippen LogP contribution < -0.4 is 27.0 Å². The highest BCUT2D eigenvalue weighted by atomic mass is 16.6. The highest BCUT2D eigenvalue weighted by Gasteiger charge is 2.23. The number of ether oxygens (including phenoxy) is 9. The van der Waals surface area contributed by atoms with Gasteiger partial charge in [-0.3, -0.25) is 38.5 Å². The van der Waals surface area contributed by atoms with Crippen molar-refractivity contribution < 1.29 is 76.2 Å². The highest BCUT2D eigenvalue weighted by Crippen LogP contribution is 2.04. The Bertz CT molecular complexity index is 1220. The molecule has 58 heavy (non-hydrogen) atoms. The molecule has 0 bridgehead atoms. The molecule has 0 aliphatic carbocycles. The molecule has 1 aliphatic rings. The number of carbonyl (C=O) groups is 7. The van der Waals surface area contributed by atoms with Crippen molar-refractivity contribution in [3.8, 4) is 0 Å². The zero-order valence-electron chi connectivity index (χ0n) is 33.6. The lowest BCUT2D eigenvalue weighted by Gasteiger charge is -2.18. The van der Waals surface area contributed by atoms with Gasteiger partial charge in [-0.05, 0) is 13.8 Å². The monoisotopic (exact) mass is 834 g/mol. The van der Waals surface area contributed by atoms with Crippen molar-refractivity contribution in [3.05, 3.63) is 12.2 Å². The molecule has 1 rings (SSSR count). The molecular weight excluding hydrogens is 772 g/mol. The Balaban J connectivity index is 1.78. The van der Waals surface area contributed by atoms with Gasteiger partial charge in [0.2, 0.25) is 29.5 Å². The van der Waals surface area contributed by atoms with Gasteiger partial charge in [-0.15, -0.1) is 0 Å². The summed E-state index contributed by atoms with van der Waals surface area (Å²) in [5.41, 5.74) is 5.00. The van der Waals surface area contributed by atoms with Crippen LogP contribution in [0.5, 0.6) is 0 Å². The number of rotatable bonds is 39. The van der Waals surface area contributed by atoms with Crippen molar-refractivity contribution in [1.29, 1.82) is 0 Å². The van der Waals surface area contributed by atoms with E-state index >= 15 is 0 Å². The average Bonchev–Trinajstić information content (AvgIpc) is 3.51.